The molecule has 0 spiro atoms. The molecule has 4 aromatic rings. The third-order valence-corrected chi connectivity index (χ3v) is 5.37. The first-order valence-corrected chi connectivity index (χ1v) is 10.2. The average Bonchev–Trinajstić information content (AvgIpc) is 3.02. The fraction of sp³-hybridized carbons (Fsp3) is 0.250. The number of fused-ring (bicyclic) bond motifs is 1. The first-order chi connectivity index (χ1) is 15.0. The molecule has 0 amide bonds. The number of nitrogens with zero attached hydrogens (tertiary/aromatic N) is 3. The molecule has 0 aliphatic heterocycles. The highest BCUT2D eigenvalue weighted by Crippen LogP contribution is 2.21. The predicted octanol–water partition coefficient (Wildman–Crippen LogP) is 2.67. The second-order valence-electron chi connectivity index (χ2n) is 7.54. The van der Waals surface area contributed by atoms with Crippen LogP contribution in [0.15, 0.2) is 71.7 Å². The second kappa shape index (κ2) is 9.16. The first-order valence-electron chi connectivity index (χ1n) is 10.2. The van der Waals surface area contributed by atoms with E-state index in [2.05, 4.69) is 10.3 Å². The van der Waals surface area contributed by atoms with Crippen molar-refractivity contribution in [3.05, 3.63) is 94.2 Å². The molecule has 0 saturated heterocycles. The Kier molecular flexibility index (Phi) is 6.16. The van der Waals surface area contributed by atoms with Crippen LogP contribution in [0.2, 0.25) is 0 Å². The monoisotopic (exact) mass is 418 g/mol. The van der Waals surface area contributed by atoms with Crippen molar-refractivity contribution in [1.82, 2.24) is 19.4 Å². The molecule has 1 atom stereocenters. The number of hydrogen-bond acceptors (Lipinski definition) is 5. The van der Waals surface area contributed by atoms with Crippen LogP contribution in [0.25, 0.3) is 11.0 Å². The molecular weight excluding hydrogens is 392 g/mol. The van der Waals surface area contributed by atoms with Crippen molar-refractivity contribution in [1.29, 1.82) is 0 Å². The van der Waals surface area contributed by atoms with E-state index in [1.165, 1.54) is 0 Å². The van der Waals surface area contributed by atoms with Gasteiger partial charge in [0.1, 0.15) is 18.5 Å². The Labute approximate surface area is 180 Å². The van der Waals surface area contributed by atoms with Crippen LogP contribution in [0.4, 0.5) is 0 Å². The molecule has 0 unspecified atom stereocenters. The normalized spacial score (nSPS) is 12.2. The van der Waals surface area contributed by atoms with Crippen molar-refractivity contribution >= 4 is 11.0 Å². The summed E-state index contributed by atoms with van der Waals surface area (Å²) in [5, 5.41) is 13.9. The van der Waals surface area contributed by atoms with Gasteiger partial charge in [0.05, 0.1) is 16.7 Å². The lowest BCUT2D eigenvalue weighted by molar-refractivity contribution is 0.108. The standard InChI is InChI=1S/C24H26N4O3/c1-27-21-11-8-18(13-22(21)28(2)24(27)30)23(29)16-31-20-9-6-17(7-10-20)14-25-15-19-5-3-4-12-26-19/h3-13,23,25,29H,14-16H2,1-2H3/t23-/m0/s1. The van der Waals surface area contributed by atoms with Gasteiger partial charge in [-0.15, -0.1) is 0 Å². The van der Waals surface area contributed by atoms with Gasteiger partial charge in [0.2, 0.25) is 0 Å². The lowest BCUT2D eigenvalue weighted by Gasteiger charge is -2.13. The van der Waals surface area contributed by atoms with Crippen LogP contribution in [0.3, 0.4) is 0 Å². The summed E-state index contributed by atoms with van der Waals surface area (Å²) in [6.07, 6.45) is 0.996. The highest BCUT2D eigenvalue weighted by molar-refractivity contribution is 5.76. The summed E-state index contributed by atoms with van der Waals surface area (Å²) >= 11 is 0. The Bertz CT molecular complexity index is 1210. The number of aliphatic hydroxyl groups excluding tert-OH is 1. The Morgan fingerprint density at radius 2 is 1.77 bits per heavy atom. The van der Waals surface area contributed by atoms with E-state index in [1.54, 1.807) is 29.4 Å². The lowest BCUT2D eigenvalue weighted by atomic mass is 10.1. The van der Waals surface area contributed by atoms with Crippen LogP contribution in [-0.2, 0) is 27.2 Å². The minimum absolute atomic E-state index is 0.0903. The largest absolute Gasteiger partial charge is 0.491 e. The molecule has 2 aromatic heterocycles. The SMILES string of the molecule is Cn1c(=O)n(C)c2cc([C@@H](O)COc3ccc(CNCc4ccccn4)cc3)ccc21. The van der Waals surface area contributed by atoms with Gasteiger partial charge in [-0.2, -0.15) is 0 Å². The van der Waals surface area contributed by atoms with Crippen molar-refractivity contribution in [3.63, 3.8) is 0 Å². The van der Waals surface area contributed by atoms with Gasteiger partial charge in [0.15, 0.2) is 0 Å². The third-order valence-electron chi connectivity index (χ3n) is 5.37. The molecule has 4 rings (SSSR count). The molecule has 31 heavy (non-hydrogen) atoms. The predicted molar refractivity (Wildman–Crippen MR) is 120 cm³/mol. The quantitative estimate of drug-likeness (QED) is 0.460. The van der Waals surface area contributed by atoms with Gasteiger partial charge >= 0.3 is 5.69 Å². The Balaban J connectivity index is 1.32. The zero-order valence-electron chi connectivity index (χ0n) is 17.7. The summed E-state index contributed by atoms with van der Waals surface area (Å²) in [7, 11) is 3.46. The number of aromatic nitrogens is 3. The maximum absolute atomic E-state index is 12.1. The first kappa shape index (κ1) is 20.8. The van der Waals surface area contributed by atoms with Crippen LogP contribution < -0.4 is 15.7 Å². The molecule has 7 nitrogen and oxygen atoms in total. The molecule has 0 fully saturated rings. The average molecular weight is 418 g/mol. The lowest BCUT2D eigenvalue weighted by Crippen LogP contribution is -2.19. The molecular formula is C24H26N4O3. The van der Waals surface area contributed by atoms with Crippen molar-refractivity contribution in [2.24, 2.45) is 14.1 Å². The fourth-order valence-electron chi connectivity index (χ4n) is 3.54. The summed E-state index contributed by atoms with van der Waals surface area (Å²) in [6.45, 7) is 1.57. The van der Waals surface area contributed by atoms with Crippen molar-refractivity contribution in [2.75, 3.05) is 6.61 Å². The molecule has 2 aromatic carbocycles. The number of benzene rings is 2. The van der Waals surface area contributed by atoms with Gasteiger partial charge < -0.3 is 15.2 Å². The van der Waals surface area contributed by atoms with Crippen LogP contribution >= 0.6 is 0 Å². The number of aliphatic hydroxyl groups is 1. The van der Waals surface area contributed by atoms with E-state index >= 15 is 0 Å². The molecule has 0 radical (unpaired) electrons. The number of hydrogen-bond donors (Lipinski definition) is 2. The van der Waals surface area contributed by atoms with Crippen LogP contribution in [0, 0.1) is 0 Å². The van der Waals surface area contributed by atoms with Crippen molar-refractivity contribution in [2.45, 2.75) is 19.2 Å². The van der Waals surface area contributed by atoms with E-state index in [4.69, 9.17) is 4.74 Å². The molecule has 160 valence electrons. The summed E-state index contributed by atoms with van der Waals surface area (Å²) in [4.78, 5) is 16.4. The van der Waals surface area contributed by atoms with Gasteiger partial charge in [-0.3, -0.25) is 14.1 Å². The second-order valence-corrected chi connectivity index (χ2v) is 7.54. The fourth-order valence-corrected chi connectivity index (χ4v) is 3.54. The number of nitrogens with one attached hydrogen (secondary N) is 1. The highest BCUT2D eigenvalue weighted by atomic mass is 16.5. The third kappa shape index (κ3) is 4.68. The molecule has 0 aliphatic rings. The number of ether oxygens (including phenoxy) is 1. The Hall–Kier alpha value is -3.42. The van der Waals surface area contributed by atoms with Gasteiger partial charge in [-0.05, 0) is 47.5 Å². The van der Waals surface area contributed by atoms with Gasteiger partial charge in [0, 0.05) is 33.4 Å². The van der Waals surface area contributed by atoms with E-state index in [-0.39, 0.29) is 12.3 Å². The van der Waals surface area contributed by atoms with Crippen LogP contribution in [0.5, 0.6) is 5.75 Å². The zero-order valence-corrected chi connectivity index (χ0v) is 17.7. The van der Waals surface area contributed by atoms with Crippen LogP contribution in [0.1, 0.15) is 22.9 Å². The van der Waals surface area contributed by atoms with E-state index in [0.717, 1.165) is 28.8 Å². The summed E-state index contributed by atoms with van der Waals surface area (Å²) in [5.74, 6) is 0.695. The summed E-state index contributed by atoms with van der Waals surface area (Å²) < 4.78 is 8.94. The molecule has 0 bridgehead atoms. The number of imidazole rings is 1. The molecule has 0 aliphatic carbocycles. The Morgan fingerprint density at radius 1 is 1.00 bits per heavy atom. The van der Waals surface area contributed by atoms with E-state index in [1.807, 2.05) is 60.7 Å². The topological polar surface area (TPSA) is 81.3 Å². The maximum Gasteiger partial charge on any atom is 0.328 e. The van der Waals surface area contributed by atoms with Gasteiger partial charge in [0.25, 0.3) is 0 Å². The molecule has 7 heteroatoms. The minimum Gasteiger partial charge on any atom is -0.491 e. The van der Waals surface area contributed by atoms with Gasteiger partial charge in [-0.1, -0.05) is 24.3 Å². The summed E-state index contributed by atoms with van der Waals surface area (Å²) in [5.41, 5.74) is 4.38. The van der Waals surface area contributed by atoms with Crippen molar-refractivity contribution < 1.29 is 9.84 Å². The molecule has 2 heterocycles. The van der Waals surface area contributed by atoms with E-state index < -0.39 is 6.10 Å². The number of rotatable bonds is 8. The maximum atomic E-state index is 12.1. The van der Waals surface area contributed by atoms with Gasteiger partial charge in [-0.25, -0.2) is 4.79 Å². The van der Waals surface area contributed by atoms with E-state index in [0.29, 0.717) is 17.9 Å². The highest BCUT2D eigenvalue weighted by Gasteiger charge is 2.13. The molecule has 2 N–H and O–H groups in total. The number of pyridine rings is 1. The Morgan fingerprint density at radius 3 is 2.52 bits per heavy atom. The van der Waals surface area contributed by atoms with Crippen LogP contribution in [-0.4, -0.2) is 25.8 Å². The minimum atomic E-state index is -0.792. The smallest absolute Gasteiger partial charge is 0.328 e. The number of aryl methyl sites for hydroxylation is 2. The molecule has 0 saturated carbocycles. The summed E-state index contributed by atoms with van der Waals surface area (Å²) in [6, 6.07) is 19.2. The van der Waals surface area contributed by atoms with E-state index in [9.17, 15) is 9.90 Å². The van der Waals surface area contributed by atoms with Crippen molar-refractivity contribution in [3.8, 4) is 5.75 Å². The zero-order chi connectivity index (χ0) is 21.8.